The standard InChI is InChI=1S/C86H103NO10/c1-49-58-16-15-55(32-58)30-51-8-4-10-54(29-51)34-66-38-64-36-63-35-61-18-19-69(63)82(64)46-80(47-89)74-23-26-81-45-79(24-21-56(42-79)31-52-9-3-7-50(27-52)28-53-11-5-13-60(61)33-53)25-22-57-12-6-14-62(44-88)67(57)40-73(87-2)68-39-65(83(81,48-90)71-41-75(91)97-76(68)71)43-84(81,93)86(74,95)77(92)72-37-59(49)17-20-70(78(82)96-66)85(72,80)94/h3-14,27,29,33,41,47,49,55-56,58-59,61,63-66,68-70,72-74,76-78,87-88,90,92-95H,15-21,23-24,26,28,30-32,34-40,42-46,48H2,1-2H3. The summed E-state index contributed by atoms with van der Waals surface area (Å²) in [5.74, 6) is 6.34. The van der Waals surface area contributed by atoms with Gasteiger partial charge in [0.25, 0.3) is 0 Å². The molecule has 15 aliphatic carbocycles. The third-order valence-corrected chi connectivity index (χ3v) is 32.8. The Kier molecular flexibility index (Phi) is 14.4. The summed E-state index contributed by atoms with van der Waals surface area (Å²) in [5.41, 5.74) is -1.02. The maximum absolute atomic E-state index is 16.4. The number of aliphatic hydroxyl groups is 6. The summed E-state index contributed by atoms with van der Waals surface area (Å²) in [4.78, 5) is 31.0. The van der Waals surface area contributed by atoms with Gasteiger partial charge in [0, 0.05) is 63.0 Å². The highest BCUT2D eigenvalue weighted by atomic mass is 16.5. The van der Waals surface area contributed by atoms with Crippen molar-refractivity contribution in [2.75, 3.05) is 13.7 Å². The van der Waals surface area contributed by atoms with E-state index in [1.165, 1.54) is 33.4 Å². The molecule has 4 aromatic rings. The lowest BCUT2D eigenvalue weighted by molar-refractivity contribution is -0.398. The molecule has 7 N–H and O–H groups in total. The third kappa shape index (κ3) is 8.45. The van der Waals surface area contributed by atoms with E-state index in [4.69, 9.17) is 9.47 Å². The first kappa shape index (κ1) is 63.0. The van der Waals surface area contributed by atoms with Crippen LogP contribution in [0, 0.1) is 116 Å². The number of likely N-dealkylation sites (N-methyl/N-ethyl adjacent to an activating group) is 1. The van der Waals surface area contributed by atoms with Gasteiger partial charge in [-0.25, -0.2) is 4.79 Å². The monoisotopic (exact) mass is 1310 g/mol. The Morgan fingerprint density at radius 2 is 1.42 bits per heavy atom. The topological polar surface area (TPSA) is 186 Å². The van der Waals surface area contributed by atoms with E-state index < -0.39 is 98.4 Å². The van der Waals surface area contributed by atoms with Crippen molar-refractivity contribution < 1.29 is 49.7 Å². The molecular weight excluding hydrogens is 1210 g/mol. The predicted octanol–water partition coefficient (Wildman–Crippen LogP) is 11.7. The molecule has 1 saturated heterocycles. The van der Waals surface area contributed by atoms with E-state index in [1.54, 1.807) is 6.08 Å². The summed E-state index contributed by atoms with van der Waals surface area (Å²) in [6, 6.07) is 33.7. The summed E-state index contributed by atoms with van der Waals surface area (Å²) < 4.78 is 14.8. The number of carbonyl (C=O) groups is 2. The number of aldehydes is 1. The van der Waals surface area contributed by atoms with Crippen molar-refractivity contribution in [3.63, 3.8) is 0 Å². The fraction of sp³-hybridized carbons (Fsp3) is 0.651. The van der Waals surface area contributed by atoms with Crippen molar-refractivity contribution in [3.8, 4) is 11.8 Å². The molecular formula is C86H103NO10. The Morgan fingerprint density at radius 1 is 0.680 bits per heavy atom. The van der Waals surface area contributed by atoms with Crippen LogP contribution in [0.4, 0.5) is 0 Å². The van der Waals surface area contributed by atoms with Crippen molar-refractivity contribution in [2.45, 2.75) is 227 Å². The second kappa shape index (κ2) is 22.3. The van der Waals surface area contributed by atoms with Gasteiger partial charge in [0.05, 0.1) is 42.5 Å². The molecule has 512 valence electrons. The normalized spacial score (nSPS) is 48.3. The van der Waals surface area contributed by atoms with Gasteiger partial charge in [-0.15, -0.1) is 0 Å². The highest BCUT2D eigenvalue weighted by molar-refractivity contribution is 5.87. The van der Waals surface area contributed by atoms with E-state index in [9.17, 15) is 20.1 Å². The van der Waals surface area contributed by atoms with Gasteiger partial charge in [0.15, 0.2) is 0 Å². The maximum atomic E-state index is 16.4. The Hall–Kier alpha value is -5.00. The molecule has 11 nitrogen and oxygen atoms in total. The van der Waals surface area contributed by atoms with E-state index in [0.717, 1.165) is 113 Å². The number of fused-ring (bicyclic) bond motifs is 8. The van der Waals surface area contributed by atoms with Crippen molar-refractivity contribution in [2.24, 2.45) is 104 Å². The van der Waals surface area contributed by atoms with Crippen LogP contribution in [0.1, 0.15) is 191 Å². The van der Waals surface area contributed by atoms with Crippen LogP contribution in [0.25, 0.3) is 0 Å². The van der Waals surface area contributed by atoms with Crippen LogP contribution < -0.4 is 5.32 Å². The minimum atomic E-state index is -2.40. The number of rotatable bonds is 4. The zero-order chi connectivity index (χ0) is 66.0. The fourth-order valence-corrected chi connectivity index (χ4v) is 29.2. The van der Waals surface area contributed by atoms with Crippen LogP contribution in [-0.2, 0) is 57.8 Å². The quantitative estimate of drug-likeness (QED) is 0.0586. The Morgan fingerprint density at radius 3 is 2.23 bits per heavy atom. The lowest BCUT2D eigenvalue weighted by Gasteiger charge is -2.77. The molecule has 11 heteroatoms. The Bertz CT molecular complexity index is 3960. The van der Waals surface area contributed by atoms with Crippen LogP contribution in [0.2, 0.25) is 0 Å². The molecule has 25 bridgehead atoms. The van der Waals surface area contributed by atoms with Crippen molar-refractivity contribution in [1.29, 1.82) is 0 Å². The van der Waals surface area contributed by atoms with Crippen LogP contribution >= 0.6 is 0 Å². The highest BCUT2D eigenvalue weighted by Gasteiger charge is 2.90. The number of aliphatic hydroxyl groups excluding tert-OH is 3. The van der Waals surface area contributed by atoms with Crippen LogP contribution in [0.15, 0.2) is 103 Å². The average molecular weight is 1310 g/mol. The largest absolute Gasteiger partial charge is 0.454 e. The van der Waals surface area contributed by atoms with Crippen molar-refractivity contribution >= 4 is 12.3 Å². The summed E-state index contributed by atoms with van der Waals surface area (Å²) in [5, 5.41) is 90.7. The fourth-order valence-electron chi connectivity index (χ4n) is 29.2. The molecule has 4 aromatic carbocycles. The first-order chi connectivity index (χ1) is 47.0. The number of carbonyl (C=O) groups excluding carboxylic acids is 2. The van der Waals surface area contributed by atoms with Gasteiger partial charge in [-0.2, -0.15) is 0 Å². The second-order valence-electron chi connectivity index (χ2n) is 36.0. The maximum Gasteiger partial charge on any atom is 0.331 e. The molecule has 97 heavy (non-hydrogen) atoms. The van der Waals surface area contributed by atoms with Crippen LogP contribution in [-0.4, -0.2) is 104 Å². The zero-order valence-electron chi connectivity index (χ0n) is 57.2. The molecule has 27 unspecified atom stereocenters. The minimum absolute atomic E-state index is 0.00253. The second-order valence-corrected chi connectivity index (χ2v) is 36.0. The van der Waals surface area contributed by atoms with E-state index in [1.807, 2.05) is 19.2 Å². The smallest absolute Gasteiger partial charge is 0.331 e. The molecule has 18 aliphatic rings. The lowest BCUT2D eigenvalue weighted by Crippen LogP contribution is -2.87. The van der Waals surface area contributed by atoms with E-state index >= 15 is 20.1 Å². The molecule has 10 saturated carbocycles. The molecule has 3 aliphatic heterocycles. The minimum Gasteiger partial charge on any atom is -0.454 e. The molecule has 0 aromatic heterocycles. The Labute approximate surface area is 573 Å². The highest BCUT2D eigenvalue weighted by Crippen LogP contribution is 2.84. The molecule has 22 rings (SSSR count). The van der Waals surface area contributed by atoms with E-state index in [0.29, 0.717) is 74.2 Å². The molecule has 27 atom stereocenters. The SMILES string of the molecule is CNC1Cc2c(cccc2CO)C#CC23CCC(Cc4cccc(c4)Cc4cccc(c4)C4CCC5C(C4)CC4CC6Cc7cccc(c7)CC7CCC(C7)C(C)C7CCC8C(O6)C45CC4(C=O)C5CCC6(C2)C2(CO)C9=CC(=O)OC9C1CC2CC6(O)C5(O)C(O)C(C7)C84O)C3. The van der Waals surface area contributed by atoms with E-state index in [2.05, 4.69) is 103 Å². The van der Waals surface area contributed by atoms with Gasteiger partial charge in [-0.1, -0.05) is 104 Å². The van der Waals surface area contributed by atoms with Crippen molar-refractivity contribution in [1.82, 2.24) is 5.32 Å². The number of benzene rings is 4. The number of hydrogen-bond donors (Lipinski definition) is 7. The molecule has 11 fully saturated rings. The van der Waals surface area contributed by atoms with Gasteiger partial charge in [0.1, 0.15) is 23.6 Å². The molecule has 3 spiro atoms. The summed E-state index contributed by atoms with van der Waals surface area (Å²) in [7, 11) is 1.94. The average Bonchev–Trinajstić information content (AvgIpc) is 1.56. The third-order valence-electron chi connectivity index (χ3n) is 32.8. The number of nitrogens with one attached hydrogen (secondary N) is 1. The summed E-state index contributed by atoms with van der Waals surface area (Å²) in [6.07, 6.45) is 17.4. The molecule has 3 heterocycles. The number of esters is 1. The Balaban J connectivity index is 0.865. The van der Waals surface area contributed by atoms with Gasteiger partial charge in [-0.3, -0.25) is 0 Å². The molecule has 0 radical (unpaired) electrons. The molecule has 0 amide bonds. The first-order valence-corrected chi connectivity index (χ1v) is 38.6. The van der Waals surface area contributed by atoms with Crippen LogP contribution in [0.5, 0.6) is 0 Å². The number of hydrogen-bond acceptors (Lipinski definition) is 11. The lowest BCUT2D eigenvalue weighted by atomic mass is 9.30. The van der Waals surface area contributed by atoms with Gasteiger partial charge in [-0.05, 0) is 283 Å². The van der Waals surface area contributed by atoms with Crippen LogP contribution in [0.3, 0.4) is 0 Å². The van der Waals surface area contributed by atoms with Gasteiger partial charge < -0.3 is 50.2 Å². The van der Waals surface area contributed by atoms with Gasteiger partial charge in [0.2, 0.25) is 0 Å². The predicted molar refractivity (Wildman–Crippen MR) is 368 cm³/mol. The van der Waals surface area contributed by atoms with Crippen molar-refractivity contribution in [3.05, 3.63) is 153 Å². The van der Waals surface area contributed by atoms with E-state index in [-0.39, 0.29) is 79.9 Å². The first-order valence-electron chi connectivity index (χ1n) is 38.6. The summed E-state index contributed by atoms with van der Waals surface area (Å²) in [6.45, 7) is 1.83. The van der Waals surface area contributed by atoms with Gasteiger partial charge >= 0.3 is 5.97 Å². The number of ether oxygens (including phenoxy) is 2. The summed E-state index contributed by atoms with van der Waals surface area (Å²) >= 11 is 0. The zero-order valence-corrected chi connectivity index (χ0v) is 57.2.